The number of hydrogen-bond donors (Lipinski definition) is 0. The van der Waals surface area contributed by atoms with Crippen LogP contribution in [0.4, 0.5) is 0 Å². The van der Waals surface area contributed by atoms with Crippen molar-refractivity contribution >= 4 is 21.7 Å². The Hall–Kier alpha value is -1.61. The first-order valence-corrected chi connectivity index (χ1v) is 7.00. The van der Waals surface area contributed by atoms with Gasteiger partial charge in [0.2, 0.25) is 0 Å². The molecule has 0 spiro atoms. The van der Waals surface area contributed by atoms with Crippen molar-refractivity contribution in [2.24, 2.45) is 0 Å². The fourth-order valence-corrected chi connectivity index (χ4v) is 2.92. The Balaban J connectivity index is 2.16. The van der Waals surface area contributed by atoms with Gasteiger partial charge in [-0.05, 0) is 31.2 Å². The van der Waals surface area contributed by atoms with Gasteiger partial charge in [0.1, 0.15) is 17.3 Å². The molecule has 1 atom stereocenters. The maximum absolute atomic E-state index is 11.6. The molecule has 1 heterocycles. The molecule has 0 N–H and O–H groups in total. The lowest BCUT2D eigenvalue weighted by molar-refractivity contribution is -0.117. The first kappa shape index (κ1) is 12.4. The Morgan fingerprint density at radius 2 is 1.89 bits per heavy atom. The van der Waals surface area contributed by atoms with E-state index in [1.54, 1.807) is 6.92 Å². The molecule has 1 unspecified atom stereocenters. The van der Waals surface area contributed by atoms with E-state index in [-0.39, 0.29) is 11.7 Å². The van der Waals surface area contributed by atoms with E-state index in [9.17, 15) is 4.79 Å². The van der Waals surface area contributed by atoms with Crippen LogP contribution in [0.3, 0.4) is 0 Å². The maximum Gasteiger partial charge on any atom is 0.131 e. The summed E-state index contributed by atoms with van der Waals surface area (Å²) in [6, 6.07) is 13.9. The number of rotatable bonds is 2. The van der Waals surface area contributed by atoms with Crippen LogP contribution < -0.4 is 4.74 Å². The topological polar surface area (TPSA) is 26.3 Å². The van der Waals surface area contributed by atoms with Gasteiger partial charge in [0, 0.05) is 27.9 Å². The molecule has 0 radical (unpaired) electrons. The second-order valence-electron chi connectivity index (χ2n) is 4.78. The summed E-state index contributed by atoms with van der Waals surface area (Å²) >= 11 is 3.48. The van der Waals surface area contributed by atoms with Crippen LogP contribution in [0.1, 0.15) is 30.4 Å². The van der Waals surface area contributed by atoms with Crippen LogP contribution in [0.15, 0.2) is 46.9 Å². The molecule has 0 amide bonds. The average molecular weight is 317 g/mol. The van der Waals surface area contributed by atoms with E-state index < -0.39 is 0 Å². The summed E-state index contributed by atoms with van der Waals surface area (Å²) in [6.45, 7) is 1.63. The minimum atomic E-state index is 0.0787. The second-order valence-corrected chi connectivity index (χ2v) is 5.70. The number of fused-ring (bicyclic) bond motifs is 2. The number of para-hydroxylation sites is 1. The zero-order chi connectivity index (χ0) is 13.4. The van der Waals surface area contributed by atoms with Gasteiger partial charge in [0.05, 0.1) is 0 Å². The van der Waals surface area contributed by atoms with Crippen LogP contribution in [0, 0.1) is 0 Å². The highest BCUT2D eigenvalue weighted by Crippen LogP contribution is 2.46. The summed E-state index contributed by atoms with van der Waals surface area (Å²) in [5.74, 6) is 1.96. The number of benzene rings is 2. The van der Waals surface area contributed by atoms with Crippen LogP contribution in [0.25, 0.3) is 0 Å². The van der Waals surface area contributed by atoms with Gasteiger partial charge in [-0.3, -0.25) is 4.79 Å². The number of ketones is 1. The quantitative estimate of drug-likeness (QED) is 0.805. The SMILES string of the molecule is CC(=O)CC1c2ccccc2Oc2ccc(Br)cc21. The predicted octanol–water partition coefficient (Wildman–Crippen LogP) is 4.67. The molecule has 3 rings (SSSR count). The number of Topliss-reactive ketones (excluding diaryl/α,β-unsaturated/α-hetero) is 1. The molecule has 1 aliphatic heterocycles. The Kier molecular flexibility index (Phi) is 3.15. The summed E-state index contributed by atoms with van der Waals surface area (Å²) in [5, 5.41) is 0. The summed E-state index contributed by atoms with van der Waals surface area (Å²) in [7, 11) is 0. The van der Waals surface area contributed by atoms with Crippen LogP contribution in [0.2, 0.25) is 0 Å². The fourth-order valence-electron chi connectivity index (χ4n) is 2.54. The smallest absolute Gasteiger partial charge is 0.131 e. The normalized spacial score (nSPS) is 16.2. The molecule has 0 saturated heterocycles. The number of carbonyl (C=O) groups is 1. The molecular weight excluding hydrogens is 304 g/mol. The number of halogens is 1. The maximum atomic E-state index is 11.6. The van der Waals surface area contributed by atoms with Crippen molar-refractivity contribution in [2.75, 3.05) is 0 Å². The van der Waals surface area contributed by atoms with Crippen molar-refractivity contribution in [1.29, 1.82) is 0 Å². The van der Waals surface area contributed by atoms with E-state index in [0.717, 1.165) is 27.1 Å². The molecule has 2 aromatic rings. The number of ether oxygens (including phenoxy) is 1. The van der Waals surface area contributed by atoms with Gasteiger partial charge < -0.3 is 4.74 Å². The minimum absolute atomic E-state index is 0.0787. The van der Waals surface area contributed by atoms with Crippen molar-refractivity contribution in [1.82, 2.24) is 0 Å². The first-order chi connectivity index (χ1) is 9.15. The third-order valence-corrected chi connectivity index (χ3v) is 3.85. The fraction of sp³-hybridized carbons (Fsp3) is 0.188. The van der Waals surface area contributed by atoms with Crippen molar-refractivity contribution in [3.63, 3.8) is 0 Å². The molecule has 0 saturated carbocycles. The summed E-state index contributed by atoms with van der Waals surface area (Å²) in [5.41, 5.74) is 2.16. The molecular formula is C16H13BrO2. The minimum Gasteiger partial charge on any atom is -0.457 e. The Morgan fingerprint density at radius 1 is 1.16 bits per heavy atom. The number of carbonyl (C=O) groups excluding carboxylic acids is 1. The largest absolute Gasteiger partial charge is 0.457 e. The van der Waals surface area contributed by atoms with E-state index in [0.29, 0.717) is 6.42 Å². The van der Waals surface area contributed by atoms with Crippen molar-refractivity contribution in [3.05, 3.63) is 58.1 Å². The molecule has 3 heteroatoms. The summed E-state index contributed by atoms with van der Waals surface area (Å²) in [6.07, 6.45) is 0.504. The lowest BCUT2D eigenvalue weighted by Gasteiger charge is -2.27. The van der Waals surface area contributed by atoms with Crippen LogP contribution >= 0.6 is 15.9 Å². The molecule has 19 heavy (non-hydrogen) atoms. The van der Waals surface area contributed by atoms with Gasteiger partial charge in [-0.2, -0.15) is 0 Å². The third kappa shape index (κ3) is 2.30. The van der Waals surface area contributed by atoms with Crippen molar-refractivity contribution in [3.8, 4) is 11.5 Å². The molecule has 0 fully saturated rings. The predicted molar refractivity (Wildman–Crippen MR) is 77.8 cm³/mol. The molecule has 0 bridgehead atoms. The summed E-state index contributed by atoms with van der Waals surface area (Å²) in [4.78, 5) is 11.6. The molecule has 0 aromatic heterocycles. The van der Waals surface area contributed by atoms with E-state index in [4.69, 9.17) is 4.74 Å². The van der Waals surface area contributed by atoms with Gasteiger partial charge in [0.15, 0.2) is 0 Å². The highest BCUT2D eigenvalue weighted by atomic mass is 79.9. The zero-order valence-corrected chi connectivity index (χ0v) is 12.1. The van der Waals surface area contributed by atoms with E-state index in [1.165, 1.54) is 0 Å². The molecule has 0 aliphatic carbocycles. The molecule has 96 valence electrons. The molecule has 2 nitrogen and oxygen atoms in total. The Bertz CT molecular complexity index is 649. The van der Waals surface area contributed by atoms with Crippen molar-refractivity contribution < 1.29 is 9.53 Å². The van der Waals surface area contributed by atoms with Gasteiger partial charge in [-0.25, -0.2) is 0 Å². The zero-order valence-electron chi connectivity index (χ0n) is 10.5. The van der Waals surface area contributed by atoms with E-state index in [1.807, 2.05) is 42.5 Å². The van der Waals surface area contributed by atoms with Gasteiger partial charge >= 0.3 is 0 Å². The van der Waals surface area contributed by atoms with Crippen LogP contribution in [-0.4, -0.2) is 5.78 Å². The number of hydrogen-bond acceptors (Lipinski definition) is 2. The Morgan fingerprint density at radius 3 is 2.68 bits per heavy atom. The average Bonchev–Trinajstić information content (AvgIpc) is 2.39. The van der Waals surface area contributed by atoms with E-state index in [2.05, 4.69) is 15.9 Å². The first-order valence-electron chi connectivity index (χ1n) is 6.21. The highest BCUT2D eigenvalue weighted by molar-refractivity contribution is 9.10. The lowest BCUT2D eigenvalue weighted by Crippen LogP contribution is -2.13. The lowest BCUT2D eigenvalue weighted by atomic mass is 9.84. The van der Waals surface area contributed by atoms with Gasteiger partial charge in [0.25, 0.3) is 0 Å². The highest BCUT2D eigenvalue weighted by Gasteiger charge is 2.27. The summed E-state index contributed by atoms with van der Waals surface area (Å²) < 4.78 is 6.91. The second kappa shape index (κ2) is 4.82. The third-order valence-electron chi connectivity index (χ3n) is 3.35. The van der Waals surface area contributed by atoms with Crippen LogP contribution in [0.5, 0.6) is 11.5 Å². The van der Waals surface area contributed by atoms with Crippen molar-refractivity contribution in [2.45, 2.75) is 19.3 Å². The van der Waals surface area contributed by atoms with Gasteiger partial charge in [-0.1, -0.05) is 34.1 Å². The van der Waals surface area contributed by atoms with Crippen LogP contribution in [-0.2, 0) is 4.79 Å². The van der Waals surface area contributed by atoms with Gasteiger partial charge in [-0.15, -0.1) is 0 Å². The molecule has 2 aromatic carbocycles. The Labute approximate surface area is 120 Å². The van der Waals surface area contributed by atoms with E-state index >= 15 is 0 Å². The standard InChI is InChI=1S/C16H13BrO2/c1-10(18)8-13-12-4-2-3-5-15(12)19-16-7-6-11(17)9-14(13)16/h2-7,9,13H,8H2,1H3. The molecule has 1 aliphatic rings. The monoisotopic (exact) mass is 316 g/mol.